The summed E-state index contributed by atoms with van der Waals surface area (Å²) < 4.78 is 12.4. The lowest BCUT2D eigenvalue weighted by Crippen LogP contribution is -2.55. The Labute approximate surface area is 149 Å². The van der Waals surface area contributed by atoms with Gasteiger partial charge in [0.15, 0.2) is 8.32 Å². The van der Waals surface area contributed by atoms with Crippen molar-refractivity contribution in [1.29, 1.82) is 0 Å². The van der Waals surface area contributed by atoms with E-state index in [1.54, 1.807) is 0 Å². The lowest BCUT2D eigenvalue weighted by Gasteiger charge is -2.46. The minimum absolute atomic E-state index is 0.0854. The van der Waals surface area contributed by atoms with Crippen LogP contribution in [0.5, 0.6) is 0 Å². The maximum absolute atomic E-state index is 12.4. The van der Waals surface area contributed by atoms with Crippen LogP contribution in [0.1, 0.15) is 48.5 Å². The first-order valence-corrected chi connectivity index (χ1v) is 11.9. The van der Waals surface area contributed by atoms with Crippen LogP contribution >= 0.6 is 0 Å². The molecule has 4 heteroatoms. The number of ether oxygens (including phenoxy) is 1. The third kappa shape index (κ3) is 4.82. The van der Waals surface area contributed by atoms with E-state index in [4.69, 9.17) is 9.16 Å². The van der Waals surface area contributed by atoms with E-state index in [0.29, 0.717) is 0 Å². The normalized spacial score (nSPS) is 30.3. The van der Waals surface area contributed by atoms with Gasteiger partial charge in [0.2, 0.25) is 0 Å². The van der Waals surface area contributed by atoms with Crippen molar-refractivity contribution in [2.45, 2.75) is 78.8 Å². The lowest BCUT2D eigenvalue weighted by atomic mass is 9.81. The molecule has 138 valence electrons. The molecule has 0 N–H and O–H groups in total. The maximum atomic E-state index is 12.4. The van der Waals surface area contributed by atoms with Crippen molar-refractivity contribution >= 4 is 14.3 Å². The number of rotatable bonds is 5. The molecule has 1 fully saturated rings. The molecule has 0 unspecified atom stereocenters. The average molecular weight is 353 g/mol. The molecule has 1 rings (SSSR count). The fraction of sp³-hybridized carbons (Fsp3) is 0.750. The van der Waals surface area contributed by atoms with Crippen molar-refractivity contribution in [3.05, 3.63) is 24.3 Å². The third-order valence-electron chi connectivity index (χ3n) is 5.59. The number of carbonyl (C=O) groups is 1. The van der Waals surface area contributed by atoms with Gasteiger partial charge in [-0.15, -0.1) is 0 Å². The van der Waals surface area contributed by atoms with Crippen LogP contribution in [0, 0.1) is 17.8 Å². The first kappa shape index (κ1) is 21.2. The van der Waals surface area contributed by atoms with E-state index in [1.807, 2.05) is 19.9 Å². The highest BCUT2D eigenvalue weighted by molar-refractivity contribution is 6.74. The Hall–Kier alpha value is -0.873. The largest absolute Gasteiger partial charge is 0.461 e. The summed E-state index contributed by atoms with van der Waals surface area (Å²) in [4.78, 5) is 12.4. The predicted molar refractivity (Wildman–Crippen MR) is 103 cm³/mol. The Kier molecular flexibility index (Phi) is 6.67. The van der Waals surface area contributed by atoms with E-state index in [2.05, 4.69) is 60.4 Å². The number of hydrogen-bond acceptors (Lipinski definition) is 3. The summed E-state index contributed by atoms with van der Waals surface area (Å²) in [5.41, 5.74) is 0.999. The van der Waals surface area contributed by atoms with Crippen LogP contribution in [0.3, 0.4) is 0 Å². The van der Waals surface area contributed by atoms with Gasteiger partial charge >= 0.3 is 5.97 Å². The van der Waals surface area contributed by atoms with Gasteiger partial charge in [0, 0.05) is 11.8 Å². The molecule has 1 aliphatic rings. The van der Waals surface area contributed by atoms with Gasteiger partial charge in [0.25, 0.3) is 0 Å². The molecule has 1 aliphatic heterocycles. The van der Waals surface area contributed by atoms with Crippen LogP contribution in [-0.2, 0) is 14.0 Å². The van der Waals surface area contributed by atoms with Crippen molar-refractivity contribution in [2.75, 3.05) is 0 Å². The zero-order valence-electron chi connectivity index (χ0n) is 17.0. The molecule has 1 saturated heterocycles. The van der Waals surface area contributed by atoms with E-state index in [9.17, 15) is 4.79 Å². The molecule has 0 bridgehead atoms. The van der Waals surface area contributed by atoms with E-state index in [1.165, 1.54) is 0 Å². The Balaban J connectivity index is 3.03. The van der Waals surface area contributed by atoms with E-state index < -0.39 is 8.32 Å². The van der Waals surface area contributed by atoms with Crippen LogP contribution < -0.4 is 0 Å². The predicted octanol–water partition coefficient (Wildman–Crippen LogP) is 5.34. The minimum atomic E-state index is -1.95. The molecule has 3 nitrogen and oxygen atoms in total. The Morgan fingerprint density at radius 3 is 2.33 bits per heavy atom. The van der Waals surface area contributed by atoms with E-state index in [-0.39, 0.29) is 41.0 Å². The number of hydrogen-bond donors (Lipinski definition) is 0. The molecule has 0 aromatic rings. The molecule has 0 amide bonds. The van der Waals surface area contributed by atoms with Crippen LogP contribution in [0.25, 0.3) is 0 Å². The molecule has 0 aromatic carbocycles. The van der Waals surface area contributed by atoms with Crippen molar-refractivity contribution in [1.82, 2.24) is 0 Å². The van der Waals surface area contributed by atoms with Gasteiger partial charge in [-0.05, 0) is 32.0 Å². The molecule has 0 saturated carbocycles. The molecule has 0 spiro atoms. The molecule has 0 aromatic heterocycles. The Morgan fingerprint density at radius 1 is 1.33 bits per heavy atom. The fourth-order valence-corrected chi connectivity index (χ4v) is 4.32. The second-order valence-corrected chi connectivity index (χ2v) is 13.7. The molecule has 1 heterocycles. The maximum Gasteiger partial charge on any atom is 0.311 e. The van der Waals surface area contributed by atoms with Crippen LogP contribution in [0.4, 0.5) is 0 Å². The standard InChI is InChI=1S/C20H36O3Si/c1-13(2)11-12-14(3)17-15(4)18(16(5)19(21)22-17)23-24(9,10)20(6,7)8/h11-12,14-18H,1H2,2-10H3/b12-11-/t14-,15+,16+,17+,18-/m0/s1. The van der Waals surface area contributed by atoms with Crippen molar-refractivity contribution in [3.63, 3.8) is 0 Å². The molecular formula is C20H36O3Si. The summed E-state index contributed by atoms with van der Waals surface area (Å²) in [5, 5.41) is 0.120. The second-order valence-electron chi connectivity index (χ2n) is 8.96. The summed E-state index contributed by atoms with van der Waals surface area (Å²) in [6.45, 7) is 23.2. The van der Waals surface area contributed by atoms with Gasteiger partial charge in [-0.2, -0.15) is 0 Å². The van der Waals surface area contributed by atoms with Crippen molar-refractivity contribution < 1.29 is 14.0 Å². The first-order chi connectivity index (χ1) is 10.8. The van der Waals surface area contributed by atoms with E-state index in [0.717, 1.165) is 5.57 Å². The minimum Gasteiger partial charge on any atom is -0.461 e. The van der Waals surface area contributed by atoms with Crippen LogP contribution in [0.15, 0.2) is 24.3 Å². The van der Waals surface area contributed by atoms with Gasteiger partial charge in [-0.1, -0.05) is 58.9 Å². The van der Waals surface area contributed by atoms with Gasteiger partial charge in [0.1, 0.15) is 6.10 Å². The zero-order chi connectivity index (χ0) is 18.9. The molecule has 0 radical (unpaired) electrons. The number of carbonyl (C=O) groups excluding carboxylic acids is 1. The molecular weight excluding hydrogens is 316 g/mol. The first-order valence-electron chi connectivity index (χ1n) is 9.00. The monoisotopic (exact) mass is 352 g/mol. The smallest absolute Gasteiger partial charge is 0.311 e. The third-order valence-corrected chi connectivity index (χ3v) is 10.1. The van der Waals surface area contributed by atoms with Crippen molar-refractivity contribution in [2.24, 2.45) is 17.8 Å². The quantitative estimate of drug-likeness (QED) is 0.380. The number of allylic oxidation sites excluding steroid dienone is 2. The van der Waals surface area contributed by atoms with Crippen LogP contribution in [-0.4, -0.2) is 26.5 Å². The Morgan fingerprint density at radius 2 is 1.88 bits per heavy atom. The summed E-state index contributed by atoms with van der Waals surface area (Å²) >= 11 is 0. The van der Waals surface area contributed by atoms with E-state index >= 15 is 0 Å². The highest BCUT2D eigenvalue weighted by Gasteiger charge is 2.48. The van der Waals surface area contributed by atoms with Crippen molar-refractivity contribution in [3.8, 4) is 0 Å². The number of esters is 1. The average Bonchev–Trinajstić information content (AvgIpc) is 2.43. The highest BCUT2D eigenvalue weighted by atomic mass is 28.4. The zero-order valence-corrected chi connectivity index (χ0v) is 18.0. The SMILES string of the molecule is C=C(C)/C=C\[C@H](C)[C@H]1OC(=O)[C@H](C)[C@@H](O[Si](C)(C)C(C)(C)C)[C@@H]1C. The fourth-order valence-electron chi connectivity index (χ4n) is 2.86. The summed E-state index contributed by atoms with van der Waals surface area (Å²) in [6.07, 6.45) is 3.83. The summed E-state index contributed by atoms with van der Waals surface area (Å²) in [6, 6.07) is 0. The molecule has 24 heavy (non-hydrogen) atoms. The second kappa shape index (κ2) is 7.57. The summed E-state index contributed by atoms with van der Waals surface area (Å²) in [7, 11) is -1.95. The van der Waals surface area contributed by atoms with Gasteiger partial charge in [-0.25, -0.2) is 0 Å². The summed E-state index contributed by atoms with van der Waals surface area (Å²) in [5.74, 6) is -0.0599. The van der Waals surface area contributed by atoms with Crippen LogP contribution in [0.2, 0.25) is 18.1 Å². The highest BCUT2D eigenvalue weighted by Crippen LogP contribution is 2.41. The molecule has 5 atom stereocenters. The Bertz CT molecular complexity index is 502. The van der Waals surface area contributed by atoms with Gasteiger partial charge < -0.3 is 9.16 Å². The van der Waals surface area contributed by atoms with Gasteiger partial charge in [-0.3, -0.25) is 4.79 Å². The number of cyclic esters (lactones) is 1. The van der Waals surface area contributed by atoms with Gasteiger partial charge in [0.05, 0.1) is 12.0 Å². The lowest BCUT2D eigenvalue weighted by molar-refractivity contribution is -0.179. The topological polar surface area (TPSA) is 35.5 Å². The molecule has 0 aliphatic carbocycles.